The van der Waals surface area contributed by atoms with Crippen LogP contribution in [0.1, 0.15) is 11.7 Å². The molecule has 3 aromatic rings. The second kappa shape index (κ2) is 8.59. The van der Waals surface area contributed by atoms with Crippen molar-refractivity contribution in [2.24, 2.45) is 0 Å². The summed E-state index contributed by atoms with van der Waals surface area (Å²) in [5.74, 6) is 1.53. The molecule has 0 saturated heterocycles. The monoisotopic (exact) mass is 379 g/mol. The molecule has 7 nitrogen and oxygen atoms in total. The second-order valence-corrected chi connectivity index (χ2v) is 6.16. The van der Waals surface area contributed by atoms with E-state index >= 15 is 0 Å². The number of nitrogens with zero attached hydrogens (tertiary/aromatic N) is 2. The van der Waals surface area contributed by atoms with E-state index < -0.39 is 0 Å². The molecule has 1 N–H and O–H groups in total. The van der Waals surface area contributed by atoms with Gasteiger partial charge in [-0.25, -0.2) is 0 Å². The summed E-state index contributed by atoms with van der Waals surface area (Å²) in [7, 11) is 0. The van der Waals surface area contributed by atoms with Gasteiger partial charge in [0.25, 0.3) is 11.1 Å². The van der Waals surface area contributed by atoms with E-state index in [2.05, 4.69) is 15.5 Å². The summed E-state index contributed by atoms with van der Waals surface area (Å²) in [5.41, 5.74) is 0. The number of carbonyl (C=O) groups is 1. The number of aromatic nitrogens is 2. The smallest absolute Gasteiger partial charge is 0.277 e. The molecule has 0 radical (unpaired) electrons. The Balaban J connectivity index is 1.42. The van der Waals surface area contributed by atoms with Gasteiger partial charge in [-0.3, -0.25) is 4.79 Å². The van der Waals surface area contributed by atoms with Gasteiger partial charge in [0.05, 0.1) is 23.6 Å². The van der Waals surface area contributed by atoms with Crippen LogP contribution in [-0.4, -0.2) is 21.9 Å². The van der Waals surface area contributed by atoms with Gasteiger partial charge in [-0.1, -0.05) is 35.5 Å². The number of para-hydroxylation sites is 1. The van der Waals surface area contributed by atoms with Crippen LogP contribution in [0.5, 0.6) is 5.75 Å². The van der Waals surface area contributed by atoms with E-state index in [-0.39, 0.29) is 18.3 Å². The number of ether oxygens (including phenoxy) is 1. The number of hydrogen-bond acceptors (Lipinski definition) is 7. The number of rotatable bonds is 8. The molecule has 0 aliphatic carbocycles. The van der Waals surface area contributed by atoms with E-state index in [0.717, 1.165) is 11.8 Å². The van der Waals surface area contributed by atoms with Crippen molar-refractivity contribution in [2.45, 2.75) is 18.4 Å². The van der Waals surface area contributed by atoms with Gasteiger partial charge in [0, 0.05) is 0 Å². The lowest BCUT2D eigenvalue weighted by atomic mass is 10.3. The summed E-state index contributed by atoms with van der Waals surface area (Å²) >= 11 is 7.15. The summed E-state index contributed by atoms with van der Waals surface area (Å²) in [6.07, 6.45) is 1.56. The van der Waals surface area contributed by atoms with E-state index in [1.807, 2.05) is 12.1 Å². The zero-order valence-electron chi connectivity index (χ0n) is 13.0. The Labute approximate surface area is 152 Å². The van der Waals surface area contributed by atoms with Crippen molar-refractivity contribution in [2.75, 3.05) is 5.75 Å². The Morgan fingerprint density at radius 3 is 2.92 bits per heavy atom. The lowest BCUT2D eigenvalue weighted by Gasteiger charge is -2.04. The van der Waals surface area contributed by atoms with Crippen molar-refractivity contribution >= 4 is 29.3 Å². The minimum Gasteiger partial charge on any atom is -0.482 e. The van der Waals surface area contributed by atoms with Gasteiger partial charge in [-0.2, -0.15) is 0 Å². The van der Waals surface area contributed by atoms with Crippen LogP contribution in [0.2, 0.25) is 5.02 Å². The van der Waals surface area contributed by atoms with Crippen LogP contribution in [0.3, 0.4) is 0 Å². The molecular weight excluding hydrogens is 366 g/mol. The number of nitrogens with one attached hydrogen (secondary N) is 1. The first-order valence-electron chi connectivity index (χ1n) is 7.32. The second-order valence-electron chi connectivity index (χ2n) is 4.83. The van der Waals surface area contributed by atoms with Crippen LogP contribution in [0.15, 0.2) is 56.7 Å². The first-order valence-corrected chi connectivity index (χ1v) is 8.68. The number of hydrogen-bond donors (Lipinski definition) is 1. The molecule has 25 heavy (non-hydrogen) atoms. The average Bonchev–Trinajstić information content (AvgIpc) is 3.29. The summed E-state index contributed by atoms with van der Waals surface area (Å²) in [5, 5.41) is 11.3. The molecular formula is C16H14ClN3O4S. The van der Waals surface area contributed by atoms with Gasteiger partial charge in [0.1, 0.15) is 11.5 Å². The zero-order valence-corrected chi connectivity index (χ0v) is 14.5. The standard InChI is InChI=1S/C16H14ClN3O4S/c17-12-5-1-2-6-13(12)23-9-15-19-20-16(24-15)25-10-14(21)18-8-11-4-3-7-22-11/h1-7H,8-10H2,(H,18,21). The Morgan fingerprint density at radius 1 is 1.24 bits per heavy atom. The van der Waals surface area contributed by atoms with Crippen molar-refractivity contribution in [3.05, 3.63) is 59.3 Å². The molecule has 0 saturated carbocycles. The molecule has 0 spiro atoms. The molecule has 1 aromatic carbocycles. The van der Waals surface area contributed by atoms with Gasteiger partial charge in [-0.05, 0) is 24.3 Å². The normalized spacial score (nSPS) is 10.6. The van der Waals surface area contributed by atoms with Crippen LogP contribution in [0, 0.1) is 0 Å². The van der Waals surface area contributed by atoms with Crippen LogP contribution in [-0.2, 0) is 17.9 Å². The number of amides is 1. The quantitative estimate of drug-likeness (QED) is 0.600. The highest BCUT2D eigenvalue weighted by Crippen LogP contribution is 2.24. The molecule has 0 aliphatic heterocycles. The maximum absolute atomic E-state index is 11.8. The number of halogens is 1. The Morgan fingerprint density at radius 2 is 2.12 bits per heavy atom. The summed E-state index contributed by atoms with van der Waals surface area (Å²) in [6.45, 7) is 0.440. The maximum Gasteiger partial charge on any atom is 0.277 e. The average molecular weight is 380 g/mol. The largest absolute Gasteiger partial charge is 0.482 e. The minimum atomic E-state index is -0.159. The van der Waals surface area contributed by atoms with Gasteiger partial charge < -0.3 is 18.9 Å². The third-order valence-electron chi connectivity index (χ3n) is 3.00. The maximum atomic E-state index is 11.8. The van der Waals surface area contributed by atoms with E-state index in [0.29, 0.717) is 34.2 Å². The fourth-order valence-corrected chi connectivity index (χ4v) is 2.63. The predicted octanol–water partition coefficient (Wildman–Crippen LogP) is 3.30. The van der Waals surface area contributed by atoms with Gasteiger partial charge in [-0.15, -0.1) is 10.2 Å². The number of furan rings is 1. The molecule has 3 rings (SSSR count). The first kappa shape index (κ1) is 17.4. The number of thioether (sulfide) groups is 1. The van der Waals surface area contributed by atoms with E-state index in [9.17, 15) is 4.79 Å². The number of benzene rings is 1. The van der Waals surface area contributed by atoms with Gasteiger partial charge in [0.15, 0.2) is 6.61 Å². The van der Waals surface area contributed by atoms with E-state index in [1.165, 1.54) is 0 Å². The van der Waals surface area contributed by atoms with Crippen molar-refractivity contribution in [3.63, 3.8) is 0 Å². The predicted molar refractivity (Wildman–Crippen MR) is 91.4 cm³/mol. The lowest BCUT2D eigenvalue weighted by Crippen LogP contribution is -2.24. The summed E-state index contributed by atoms with van der Waals surface area (Å²) in [6, 6.07) is 10.7. The van der Waals surface area contributed by atoms with Crippen molar-refractivity contribution < 1.29 is 18.4 Å². The van der Waals surface area contributed by atoms with Gasteiger partial charge >= 0.3 is 0 Å². The SMILES string of the molecule is O=C(CSc1nnc(COc2ccccc2Cl)o1)NCc1ccco1. The molecule has 130 valence electrons. The fourth-order valence-electron chi connectivity index (χ4n) is 1.83. The highest BCUT2D eigenvalue weighted by Gasteiger charge is 2.11. The molecule has 2 heterocycles. The topological polar surface area (TPSA) is 90.4 Å². The van der Waals surface area contributed by atoms with Crippen LogP contribution in [0.25, 0.3) is 0 Å². The van der Waals surface area contributed by atoms with E-state index in [1.54, 1.807) is 30.5 Å². The Bertz CT molecular complexity index is 822. The zero-order chi connectivity index (χ0) is 17.5. The summed E-state index contributed by atoms with van der Waals surface area (Å²) in [4.78, 5) is 11.8. The minimum absolute atomic E-state index is 0.0992. The van der Waals surface area contributed by atoms with Crippen LogP contribution in [0.4, 0.5) is 0 Å². The van der Waals surface area contributed by atoms with Crippen LogP contribution >= 0.6 is 23.4 Å². The molecule has 9 heteroatoms. The molecule has 0 bridgehead atoms. The first-order chi connectivity index (χ1) is 12.2. The highest BCUT2D eigenvalue weighted by atomic mass is 35.5. The fraction of sp³-hybridized carbons (Fsp3) is 0.188. The Hall–Kier alpha value is -2.45. The highest BCUT2D eigenvalue weighted by molar-refractivity contribution is 7.99. The lowest BCUT2D eigenvalue weighted by molar-refractivity contribution is -0.118. The third-order valence-corrected chi connectivity index (χ3v) is 4.13. The molecule has 0 fully saturated rings. The van der Waals surface area contributed by atoms with Crippen molar-refractivity contribution in [3.8, 4) is 5.75 Å². The van der Waals surface area contributed by atoms with Crippen molar-refractivity contribution in [1.29, 1.82) is 0 Å². The Kier molecular flexibility index (Phi) is 5.97. The molecule has 2 aromatic heterocycles. The molecule has 0 unspecified atom stereocenters. The molecule has 0 atom stereocenters. The third kappa shape index (κ3) is 5.27. The van der Waals surface area contributed by atoms with Crippen molar-refractivity contribution in [1.82, 2.24) is 15.5 Å². The summed E-state index contributed by atoms with van der Waals surface area (Å²) < 4.78 is 16.1. The molecule has 0 aliphatic rings. The van der Waals surface area contributed by atoms with E-state index in [4.69, 9.17) is 25.2 Å². The molecule has 1 amide bonds. The number of carbonyl (C=O) groups excluding carboxylic acids is 1. The van der Waals surface area contributed by atoms with Crippen LogP contribution < -0.4 is 10.1 Å². The van der Waals surface area contributed by atoms with Gasteiger partial charge in [0.2, 0.25) is 5.91 Å².